The van der Waals surface area contributed by atoms with Gasteiger partial charge in [-0.25, -0.2) is 0 Å². The van der Waals surface area contributed by atoms with Crippen LogP contribution in [0.3, 0.4) is 0 Å². The first-order valence-corrected chi connectivity index (χ1v) is 8.13. The molecule has 1 aromatic carbocycles. The Morgan fingerprint density at radius 1 is 1.42 bits per heavy atom. The second-order valence-electron chi connectivity index (χ2n) is 4.81. The van der Waals surface area contributed by atoms with Crippen molar-refractivity contribution in [1.29, 1.82) is 0 Å². The highest BCUT2D eigenvalue weighted by molar-refractivity contribution is 7.99. The minimum Gasteiger partial charge on any atom is -0.337 e. The van der Waals surface area contributed by atoms with E-state index in [1.54, 1.807) is 17.8 Å². The number of fused-ring (bicyclic) bond motifs is 1. The van der Waals surface area contributed by atoms with Crippen molar-refractivity contribution in [3.63, 3.8) is 0 Å². The molecule has 3 nitrogen and oxygen atoms in total. The number of rotatable bonds is 1. The van der Waals surface area contributed by atoms with Gasteiger partial charge < -0.3 is 4.90 Å². The molecule has 0 bridgehead atoms. The summed E-state index contributed by atoms with van der Waals surface area (Å²) in [6, 6.07) is 3.66. The van der Waals surface area contributed by atoms with Crippen LogP contribution in [0.1, 0.15) is 11.1 Å². The van der Waals surface area contributed by atoms with Crippen molar-refractivity contribution in [2.75, 3.05) is 18.2 Å². The summed E-state index contributed by atoms with van der Waals surface area (Å²) in [5.41, 5.74) is 2.20. The number of hydrogen-bond acceptors (Lipinski definition) is 3. The van der Waals surface area contributed by atoms with Crippen LogP contribution in [0.15, 0.2) is 12.1 Å². The zero-order valence-electron chi connectivity index (χ0n) is 10.3. The molecule has 19 heavy (non-hydrogen) atoms. The minimum atomic E-state index is -0.0439. The quantitative estimate of drug-likeness (QED) is 0.864. The summed E-state index contributed by atoms with van der Waals surface area (Å²) in [6.07, 6.45) is 0.821. The molecule has 0 aliphatic carbocycles. The van der Waals surface area contributed by atoms with Crippen LogP contribution < -0.4 is 5.32 Å². The molecule has 1 atom stereocenters. The molecule has 6 heteroatoms. The smallest absolute Gasteiger partial charge is 0.240 e. The van der Waals surface area contributed by atoms with Gasteiger partial charge in [-0.3, -0.25) is 10.1 Å². The second kappa shape index (κ2) is 5.52. The molecule has 1 N–H and O–H groups in total. The van der Waals surface area contributed by atoms with Gasteiger partial charge in [-0.15, -0.1) is 11.8 Å². The maximum absolute atomic E-state index is 12.4. The summed E-state index contributed by atoms with van der Waals surface area (Å²) in [5.74, 6) is 1.90. The monoisotopic (exact) mass is 316 g/mol. The highest BCUT2D eigenvalue weighted by Gasteiger charge is 2.30. The molecular formula is C13H14Cl2N2OS. The standard InChI is InChI=1S/C13H14Cl2N2OS/c14-9-3-8-1-2-17(5-10(8)11(15)4-9)13(18)12-6-19-7-16-12/h3-4,12,16H,1-2,5-7H2. The van der Waals surface area contributed by atoms with E-state index < -0.39 is 0 Å². The molecule has 0 aromatic heterocycles. The topological polar surface area (TPSA) is 32.3 Å². The lowest BCUT2D eigenvalue weighted by molar-refractivity contribution is -0.133. The Morgan fingerprint density at radius 2 is 2.26 bits per heavy atom. The molecule has 1 saturated heterocycles. The normalized spacial score (nSPS) is 22.4. The van der Waals surface area contributed by atoms with E-state index in [9.17, 15) is 4.79 Å². The van der Waals surface area contributed by atoms with Crippen molar-refractivity contribution in [1.82, 2.24) is 10.2 Å². The number of thioether (sulfide) groups is 1. The van der Waals surface area contributed by atoms with Crippen molar-refractivity contribution in [2.45, 2.75) is 19.0 Å². The molecule has 102 valence electrons. The molecular weight excluding hydrogens is 303 g/mol. The number of amides is 1. The fourth-order valence-corrected chi connectivity index (χ4v) is 4.07. The number of nitrogens with one attached hydrogen (secondary N) is 1. The van der Waals surface area contributed by atoms with E-state index in [1.165, 1.54) is 0 Å². The Bertz CT molecular complexity index is 518. The summed E-state index contributed by atoms with van der Waals surface area (Å²) in [5, 5.41) is 4.54. The molecule has 1 amide bonds. The third-order valence-corrected chi connectivity index (χ3v) is 5.07. The summed E-state index contributed by atoms with van der Waals surface area (Å²) in [4.78, 5) is 14.3. The molecule has 3 rings (SSSR count). The van der Waals surface area contributed by atoms with Crippen molar-refractivity contribution in [2.24, 2.45) is 0 Å². The van der Waals surface area contributed by atoms with E-state index in [0.29, 0.717) is 16.6 Å². The molecule has 1 unspecified atom stereocenters. The first-order valence-electron chi connectivity index (χ1n) is 6.22. The lowest BCUT2D eigenvalue weighted by Gasteiger charge is -2.31. The van der Waals surface area contributed by atoms with E-state index >= 15 is 0 Å². The van der Waals surface area contributed by atoms with Crippen molar-refractivity contribution >= 4 is 40.9 Å². The SMILES string of the molecule is O=C(C1CSCN1)N1CCc2cc(Cl)cc(Cl)c2C1. The predicted octanol–water partition coefficient (Wildman–Crippen LogP) is 2.54. The van der Waals surface area contributed by atoms with Gasteiger partial charge in [0.2, 0.25) is 5.91 Å². The minimum absolute atomic E-state index is 0.0439. The third kappa shape index (κ3) is 2.72. The van der Waals surface area contributed by atoms with Gasteiger partial charge in [0.15, 0.2) is 0 Å². The molecule has 2 aliphatic heterocycles. The van der Waals surface area contributed by atoms with Crippen LogP contribution in [0.2, 0.25) is 10.0 Å². The Labute approximate surface area is 126 Å². The Morgan fingerprint density at radius 3 is 3.00 bits per heavy atom. The Kier molecular flexibility index (Phi) is 3.94. The number of halogens is 2. The number of carbonyl (C=O) groups excluding carboxylic acids is 1. The third-order valence-electron chi connectivity index (χ3n) is 3.58. The van der Waals surface area contributed by atoms with Gasteiger partial charge in [0.05, 0.1) is 6.04 Å². The average Bonchev–Trinajstić information content (AvgIpc) is 2.91. The van der Waals surface area contributed by atoms with E-state index in [4.69, 9.17) is 23.2 Å². The predicted molar refractivity (Wildman–Crippen MR) is 79.8 cm³/mol. The van der Waals surface area contributed by atoms with Crippen LogP contribution >= 0.6 is 35.0 Å². The number of carbonyl (C=O) groups is 1. The highest BCUT2D eigenvalue weighted by Crippen LogP contribution is 2.30. The molecule has 0 spiro atoms. The van der Waals surface area contributed by atoms with Crippen molar-refractivity contribution in [3.8, 4) is 0 Å². The van der Waals surface area contributed by atoms with Crippen LogP contribution in [0.4, 0.5) is 0 Å². The van der Waals surface area contributed by atoms with Gasteiger partial charge >= 0.3 is 0 Å². The zero-order chi connectivity index (χ0) is 13.4. The molecule has 1 aromatic rings. The molecule has 2 aliphatic rings. The zero-order valence-corrected chi connectivity index (χ0v) is 12.6. The van der Waals surface area contributed by atoms with Crippen LogP contribution in [-0.4, -0.2) is 35.0 Å². The van der Waals surface area contributed by atoms with E-state index in [-0.39, 0.29) is 11.9 Å². The molecule has 1 fully saturated rings. The largest absolute Gasteiger partial charge is 0.337 e. The first kappa shape index (κ1) is 13.6. The second-order valence-corrected chi connectivity index (χ2v) is 6.68. The molecule has 0 saturated carbocycles. The highest BCUT2D eigenvalue weighted by atomic mass is 35.5. The lowest BCUT2D eigenvalue weighted by atomic mass is 9.99. The molecule has 0 radical (unpaired) electrons. The number of benzene rings is 1. The Balaban J connectivity index is 1.80. The van der Waals surface area contributed by atoms with E-state index in [0.717, 1.165) is 35.7 Å². The van der Waals surface area contributed by atoms with Gasteiger partial charge in [-0.05, 0) is 29.7 Å². The number of hydrogen-bond donors (Lipinski definition) is 1. The average molecular weight is 317 g/mol. The van der Waals surface area contributed by atoms with Crippen LogP contribution in [-0.2, 0) is 17.8 Å². The summed E-state index contributed by atoms with van der Waals surface area (Å²) < 4.78 is 0. The summed E-state index contributed by atoms with van der Waals surface area (Å²) >= 11 is 14.0. The fraction of sp³-hybridized carbons (Fsp3) is 0.462. The Hall–Kier alpha value is -0.420. The maximum atomic E-state index is 12.4. The van der Waals surface area contributed by atoms with Gasteiger partial charge in [0.25, 0.3) is 0 Å². The van der Waals surface area contributed by atoms with Crippen LogP contribution in [0.25, 0.3) is 0 Å². The molecule has 2 heterocycles. The van der Waals surface area contributed by atoms with Gasteiger partial charge in [0, 0.05) is 34.8 Å². The number of nitrogens with zero attached hydrogens (tertiary/aromatic N) is 1. The first-order chi connectivity index (χ1) is 9.15. The van der Waals surface area contributed by atoms with Crippen LogP contribution in [0, 0.1) is 0 Å². The van der Waals surface area contributed by atoms with Gasteiger partial charge in [-0.2, -0.15) is 0 Å². The maximum Gasteiger partial charge on any atom is 0.240 e. The van der Waals surface area contributed by atoms with Gasteiger partial charge in [0.1, 0.15) is 0 Å². The fourth-order valence-electron chi connectivity index (χ4n) is 2.54. The van der Waals surface area contributed by atoms with E-state index in [1.807, 2.05) is 11.0 Å². The summed E-state index contributed by atoms with van der Waals surface area (Å²) in [7, 11) is 0. The lowest BCUT2D eigenvalue weighted by Crippen LogP contribution is -2.46. The van der Waals surface area contributed by atoms with Crippen molar-refractivity contribution in [3.05, 3.63) is 33.3 Å². The summed E-state index contributed by atoms with van der Waals surface area (Å²) in [6.45, 7) is 1.33. The van der Waals surface area contributed by atoms with E-state index in [2.05, 4.69) is 5.32 Å². The van der Waals surface area contributed by atoms with Gasteiger partial charge in [-0.1, -0.05) is 23.2 Å². The van der Waals surface area contributed by atoms with Crippen molar-refractivity contribution < 1.29 is 4.79 Å². The van der Waals surface area contributed by atoms with Crippen LogP contribution in [0.5, 0.6) is 0 Å².